The van der Waals surface area contributed by atoms with Gasteiger partial charge in [-0.2, -0.15) is 0 Å². The van der Waals surface area contributed by atoms with Gasteiger partial charge in [0.1, 0.15) is 5.60 Å². The monoisotopic (exact) mass is 324 g/mol. The third kappa shape index (κ3) is 4.13. The number of rotatable bonds is 3. The van der Waals surface area contributed by atoms with Crippen molar-refractivity contribution in [3.8, 4) is 0 Å². The average Bonchev–Trinajstić information content (AvgIpc) is 2.78. The molecule has 0 radical (unpaired) electrons. The van der Waals surface area contributed by atoms with E-state index in [1.54, 1.807) is 43.9 Å². The molecule has 1 unspecified atom stereocenters. The van der Waals surface area contributed by atoms with Crippen molar-refractivity contribution in [1.29, 1.82) is 0 Å². The molecule has 2 amide bonds. The number of hydrogen-bond acceptors (Lipinski definition) is 3. The highest BCUT2D eigenvalue weighted by molar-refractivity contribution is 6.18. The molecule has 1 aromatic carbocycles. The van der Waals surface area contributed by atoms with Gasteiger partial charge in [0.25, 0.3) is 0 Å². The molecule has 1 N–H and O–H groups in total. The van der Waals surface area contributed by atoms with Crippen molar-refractivity contribution in [2.75, 3.05) is 22.6 Å². The van der Waals surface area contributed by atoms with Gasteiger partial charge in [-0.15, -0.1) is 11.6 Å². The molecule has 6 heteroatoms. The standard InChI is InChI=1S/C16H21ClN2O3/c1-16(2,3)22-15(21)18-12-6-4-5-7-13(12)19-10-11(9-17)8-14(19)20/h4-7,11H,8-10H2,1-3H3,(H,18,21). The number of alkyl halides is 1. The molecular weight excluding hydrogens is 304 g/mol. The average molecular weight is 325 g/mol. The fraction of sp³-hybridized carbons (Fsp3) is 0.500. The summed E-state index contributed by atoms with van der Waals surface area (Å²) in [6.07, 6.45) is -0.106. The van der Waals surface area contributed by atoms with E-state index in [9.17, 15) is 9.59 Å². The SMILES string of the molecule is CC(C)(C)OC(=O)Nc1ccccc1N1CC(CCl)CC1=O. The van der Waals surface area contributed by atoms with Crippen LogP contribution < -0.4 is 10.2 Å². The highest BCUT2D eigenvalue weighted by atomic mass is 35.5. The van der Waals surface area contributed by atoms with Crippen LogP contribution in [0.2, 0.25) is 0 Å². The molecule has 1 atom stereocenters. The molecule has 0 aromatic heterocycles. The van der Waals surface area contributed by atoms with Crippen LogP contribution in [0, 0.1) is 5.92 Å². The molecule has 0 aliphatic carbocycles. The van der Waals surface area contributed by atoms with E-state index in [-0.39, 0.29) is 11.8 Å². The largest absolute Gasteiger partial charge is 0.444 e. The Hall–Kier alpha value is -1.75. The van der Waals surface area contributed by atoms with Crippen molar-refractivity contribution in [3.63, 3.8) is 0 Å². The maximum absolute atomic E-state index is 12.1. The van der Waals surface area contributed by atoms with E-state index in [0.29, 0.717) is 30.2 Å². The summed E-state index contributed by atoms with van der Waals surface area (Å²) in [4.78, 5) is 25.7. The summed E-state index contributed by atoms with van der Waals surface area (Å²) >= 11 is 5.85. The number of amides is 2. The Morgan fingerprint density at radius 2 is 2.09 bits per heavy atom. The number of nitrogens with one attached hydrogen (secondary N) is 1. The lowest BCUT2D eigenvalue weighted by molar-refractivity contribution is -0.117. The number of para-hydroxylation sites is 2. The minimum atomic E-state index is -0.577. The molecule has 1 aliphatic rings. The van der Waals surface area contributed by atoms with Crippen molar-refractivity contribution < 1.29 is 14.3 Å². The van der Waals surface area contributed by atoms with Crippen LogP contribution in [0.4, 0.5) is 16.2 Å². The second-order valence-electron chi connectivity index (χ2n) is 6.37. The maximum atomic E-state index is 12.1. The lowest BCUT2D eigenvalue weighted by Gasteiger charge is -2.23. The Labute approximate surface area is 135 Å². The van der Waals surface area contributed by atoms with Crippen LogP contribution in [0.3, 0.4) is 0 Å². The molecule has 22 heavy (non-hydrogen) atoms. The van der Waals surface area contributed by atoms with Crippen LogP contribution in [0.25, 0.3) is 0 Å². The summed E-state index contributed by atoms with van der Waals surface area (Å²) in [5.41, 5.74) is 0.651. The van der Waals surface area contributed by atoms with E-state index in [0.717, 1.165) is 0 Å². The number of anilines is 2. The van der Waals surface area contributed by atoms with E-state index in [4.69, 9.17) is 16.3 Å². The predicted molar refractivity (Wildman–Crippen MR) is 87.5 cm³/mol. The van der Waals surface area contributed by atoms with Crippen molar-refractivity contribution in [1.82, 2.24) is 0 Å². The van der Waals surface area contributed by atoms with Gasteiger partial charge in [-0.3, -0.25) is 10.1 Å². The second kappa shape index (κ2) is 6.57. The number of benzene rings is 1. The molecule has 0 bridgehead atoms. The zero-order valence-electron chi connectivity index (χ0n) is 13.1. The minimum absolute atomic E-state index is 0.0177. The summed E-state index contributed by atoms with van der Waals surface area (Å²) < 4.78 is 5.25. The van der Waals surface area contributed by atoms with Gasteiger partial charge in [-0.25, -0.2) is 4.79 Å². The summed E-state index contributed by atoms with van der Waals surface area (Å²) in [5.74, 6) is 0.608. The quantitative estimate of drug-likeness (QED) is 0.864. The maximum Gasteiger partial charge on any atom is 0.412 e. The van der Waals surface area contributed by atoms with Gasteiger partial charge in [0, 0.05) is 18.8 Å². The van der Waals surface area contributed by atoms with Gasteiger partial charge in [0.2, 0.25) is 5.91 Å². The molecule has 0 spiro atoms. The normalized spacial score (nSPS) is 18.5. The first-order chi connectivity index (χ1) is 10.3. The van der Waals surface area contributed by atoms with E-state index in [1.807, 2.05) is 6.07 Å². The van der Waals surface area contributed by atoms with Crippen molar-refractivity contribution in [3.05, 3.63) is 24.3 Å². The Balaban J connectivity index is 2.17. The van der Waals surface area contributed by atoms with Crippen LogP contribution in [-0.4, -0.2) is 30.0 Å². The number of carbonyl (C=O) groups excluding carboxylic acids is 2. The van der Waals surface area contributed by atoms with Crippen LogP contribution >= 0.6 is 11.6 Å². The molecule has 5 nitrogen and oxygen atoms in total. The molecule has 0 saturated carbocycles. The molecular formula is C16H21ClN2O3. The lowest BCUT2D eigenvalue weighted by Crippen LogP contribution is -2.29. The fourth-order valence-electron chi connectivity index (χ4n) is 2.35. The van der Waals surface area contributed by atoms with E-state index in [2.05, 4.69) is 5.32 Å². The molecule has 1 fully saturated rings. The summed E-state index contributed by atoms with van der Waals surface area (Å²) in [5, 5.41) is 2.71. The molecule has 120 valence electrons. The molecule has 1 saturated heterocycles. The van der Waals surface area contributed by atoms with Gasteiger partial charge in [0.05, 0.1) is 11.4 Å². The summed E-state index contributed by atoms with van der Waals surface area (Å²) in [6, 6.07) is 7.19. The zero-order valence-corrected chi connectivity index (χ0v) is 13.8. The second-order valence-corrected chi connectivity index (χ2v) is 6.68. The van der Waals surface area contributed by atoms with E-state index >= 15 is 0 Å². The van der Waals surface area contributed by atoms with E-state index in [1.165, 1.54) is 0 Å². The third-order valence-electron chi connectivity index (χ3n) is 3.25. The van der Waals surface area contributed by atoms with Crippen molar-refractivity contribution in [2.24, 2.45) is 5.92 Å². The Bertz CT molecular complexity index is 569. The predicted octanol–water partition coefficient (Wildman–Crippen LogP) is 3.63. The third-order valence-corrected chi connectivity index (χ3v) is 3.69. The van der Waals surface area contributed by atoms with Crippen LogP contribution in [0.5, 0.6) is 0 Å². The molecule has 2 rings (SSSR count). The highest BCUT2D eigenvalue weighted by Crippen LogP contribution is 2.32. The fourth-order valence-corrected chi connectivity index (χ4v) is 2.55. The lowest BCUT2D eigenvalue weighted by atomic mass is 10.1. The zero-order chi connectivity index (χ0) is 16.3. The van der Waals surface area contributed by atoms with Gasteiger partial charge in [-0.05, 0) is 38.8 Å². The Morgan fingerprint density at radius 3 is 2.68 bits per heavy atom. The Kier molecular flexibility index (Phi) is 4.96. The summed E-state index contributed by atoms with van der Waals surface area (Å²) in [6.45, 7) is 5.96. The van der Waals surface area contributed by atoms with E-state index < -0.39 is 11.7 Å². The first-order valence-corrected chi connectivity index (χ1v) is 7.79. The van der Waals surface area contributed by atoms with Crippen molar-refractivity contribution in [2.45, 2.75) is 32.8 Å². The molecule has 1 aliphatic heterocycles. The Morgan fingerprint density at radius 1 is 1.41 bits per heavy atom. The van der Waals surface area contributed by atoms with Gasteiger partial charge in [-0.1, -0.05) is 12.1 Å². The smallest absolute Gasteiger partial charge is 0.412 e. The highest BCUT2D eigenvalue weighted by Gasteiger charge is 2.31. The van der Waals surface area contributed by atoms with Gasteiger partial charge < -0.3 is 9.64 Å². The van der Waals surface area contributed by atoms with Crippen molar-refractivity contribution >= 4 is 35.0 Å². The summed E-state index contributed by atoms with van der Waals surface area (Å²) in [7, 11) is 0. The number of halogens is 1. The minimum Gasteiger partial charge on any atom is -0.444 e. The van der Waals surface area contributed by atoms with Crippen LogP contribution in [-0.2, 0) is 9.53 Å². The van der Waals surface area contributed by atoms with Crippen LogP contribution in [0.1, 0.15) is 27.2 Å². The van der Waals surface area contributed by atoms with Crippen LogP contribution in [0.15, 0.2) is 24.3 Å². The molecule has 1 aromatic rings. The van der Waals surface area contributed by atoms with Gasteiger partial charge in [0.15, 0.2) is 0 Å². The number of nitrogens with zero attached hydrogens (tertiary/aromatic N) is 1. The van der Waals surface area contributed by atoms with Gasteiger partial charge >= 0.3 is 6.09 Å². The number of ether oxygens (including phenoxy) is 1. The number of carbonyl (C=O) groups is 2. The first kappa shape index (κ1) is 16.6. The number of hydrogen-bond donors (Lipinski definition) is 1. The molecule has 1 heterocycles. The topological polar surface area (TPSA) is 58.6 Å². The first-order valence-electron chi connectivity index (χ1n) is 7.25.